The Morgan fingerprint density at radius 3 is 2.32 bits per heavy atom. The van der Waals surface area contributed by atoms with Crippen molar-refractivity contribution in [1.29, 1.82) is 0 Å². The molecule has 0 aliphatic carbocycles. The van der Waals surface area contributed by atoms with Crippen molar-refractivity contribution in [1.82, 2.24) is 0 Å². The van der Waals surface area contributed by atoms with Gasteiger partial charge in [-0.2, -0.15) is 0 Å². The van der Waals surface area contributed by atoms with Crippen molar-refractivity contribution in [2.45, 2.75) is 37.3 Å². The highest BCUT2D eigenvalue weighted by atomic mass is 16.6. The summed E-state index contributed by atoms with van der Waals surface area (Å²) >= 11 is 0. The predicted molar refractivity (Wildman–Crippen MR) is 65.0 cm³/mol. The first-order valence-electron chi connectivity index (χ1n) is 6.09. The quantitative estimate of drug-likeness (QED) is 0.560. The summed E-state index contributed by atoms with van der Waals surface area (Å²) in [6, 6.07) is 9.45. The van der Waals surface area contributed by atoms with Crippen LogP contribution in [0.25, 0.3) is 0 Å². The number of hydrogen-bond acceptors (Lipinski definition) is 6. The van der Waals surface area contributed by atoms with Crippen molar-refractivity contribution in [2.75, 3.05) is 6.61 Å². The fourth-order valence-corrected chi connectivity index (χ4v) is 1.94. The molecule has 1 aromatic rings. The normalized spacial score (nSPS) is 35.3. The Labute approximate surface area is 110 Å². The van der Waals surface area contributed by atoms with Gasteiger partial charge in [-0.15, -0.1) is 0 Å². The van der Waals surface area contributed by atoms with Crippen molar-refractivity contribution < 1.29 is 29.9 Å². The minimum Gasteiger partial charge on any atom is -0.387 e. The average Bonchev–Trinajstić information content (AvgIpc) is 2.43. The van der Waals surface area contributed by atoms with Crippen molar-refractivity contribution in [3.63, 3.8) is 0 Å². The molecule has 4 N–H and O–H groups in total. The topological polar surface area (TPSA) is 99.4 Å². The summed E-state index contributed by atoms with van der Waals surface area (Å²) < 4.78 is 10.4. The van der Waals surface area contributed by atoms with Gasteiger partial charge in [-0.05, 0) is 5.56 Å². The molecule has 0 bridgehead atoms. The summed E-state index contributed by atoms with van der Waals surface area (Å²) in [5.41, 5.74) is 0.967. The molecule has 1 fully saturated rings. The largest absolute Gasteiger partial charge is 0.387 e. The number of rotatable bonds is 4. The Balaban J connectivity index is 1.82. The zero-order valence-corrected chi connectivity index (χ0v) is 10.3. The number of ether oxygens (including phenoxy) is 2. The molecule has 19 heavy (non-hydrogen) atoms. The summed E-state index contributed by atoms with van der Waals surface area (Å²) in [5, 5.41) is 37.9. The highest BCUT2D eigenvalue weighted by molar-refractivity contribution is 5.13. The van der Waals surface area contributed by atoms with E-state index in [-0.39, 0.29) is 6.61 Å². The van der Waals surface area contributed by atoms with Gasteiger partial charge in [0.15, 0.2) is 6.29 Å². The van der Waals surface area contributed by atoms with Crippen LogP contribution in [-0.4, -0.2) is 57.7 Å². The zero-order chi connectivity index (χ0) is 13.8. The van der Waals surface area contributed by atoms with Gasteiger partial charge in [0.2, 0.25) is 0 Å². The summed E-state index contributed by atoms with van der Waals surface area (Å²) in [4.78, 5) is 0. The fourth-order valence-electron chi connectivity index (χ4n) is 1.94. The number of aliphatic hydroxyl groups is 4. The minimum atomic E-state index is -1.52. The third kappa shape index (κ3) is 3.50. The molecule has 0 amide bonds. The van der Waals surface area contributed by atoms with Crippen LogP contribution in [0.2, 0.25) is 0 Å². The smallest absolute Gasteiger partial charge is 0.184 e. The van der Waals surface area contributed by atoms with Crippen LogP contribution in [0.3, 0.4) is 0 Å². The van der Waals surface area contributed by atoms with E-state index in [4.69, 9.17) is 9.47 Å². The van der Waals surface area contributed by atoms with Gasteiger partial charge in [-0.3, -0.25) is 0 Å². The lowest BCUT2D eigenvalue weighted by molar-refractivity contribution is -0.289. The SMILES string of the molecule is OC1O[C@H](COCc2ccccc2)[C@H](O)[C@@H](O)[C@@H]1O. The van der Waals surface area contributed by atoms with Gasteiger partial charge in [-0.1, -0.05) is 30.3 Å². The standard InChI is InChI=1S/C13H18O6/c14-10-9(19-13(17)12(16)11(10)15)7-18-6-8-4-2-1-3-5-8/h1-5,9-17H,6-7H2/t9-,10+,11-,12+,13?/m1/s1. The van der Waals surface area contributed by atoms with E-state index in [1.54, 1.807) is 0 Å². The molecule has 1 unspecified atom stereocenters. The van der Waals surface area contributed by atoms with Crippen LogP contribution >= 0.6 is 0 Å². The molecule has 5 atom stereocenters. The Morgan fingerprint density at radius 2 is 1.63 bits per heavy atom. The molecule has 1 saturated heterocycles. The first-order chi connectivity index (χ1) is 9.09. The molecular weight excluding hydrogens is 252 g/mol. The molecule has 0 spiro atoms. The summed E-state index contributed by atoms with van der Waals surface area (Å²) in [5.74, 6) is 0. The maximum Gasteiger partial charge on any atom is 0.184 e. The van der Waals surface area contributed by atoms with Gasteiger partial charge in [0.05, 0.1) is 13.2 Å². The second-order valence-corrected chi connectivity index (χ2v) is 4.54. The van der Waals surface area contributed by atoms with E-state index in [0.717, 1.165) is 5.56 Å². The van der Waals surface area contributed by atoms with Gasteiger partial charge in [-0.25, -0.2) is 0 Å². The van der Waals surface area contributed by atoms with E-state index in [9.17, 15) is 20.4 Å². The molecule has 106 valence electrons. The Bertz CT molecular complexity index is 384. The summed E-state index contributed by atoms with van der Waals surface area (Å²) in [6.45, 7) is 0.346. The predicted octanol–water partition coefficient (Wildman–Crippen LogP) is -0.997. The molecule has 0 radical (unpaired) electrons. The lowest BCUT2D eigenvalue weighted by Crippen LogP contribution is -2.58. The van der Waals surface area contributed by atoms with Crippen molar-refractivity contribution >= 4 is 0 Å². The zero-order valence-electron chi connectivity index (χ0n) is 10.3. The minimum absolute atomic E-state index is 0.0108. The van der Waals surface area contributed by atoms with E-state index in [2.05, 4.69) is 0 Å². The maximum absolute atomic E-state index is 9.70. The number of benzene rings is 1. The fraction of sp³-hybridized carbons (Fsp3) is 0.538. The number of hydrogen-bond donors (Lipinski definition) is 4. The van der Waals surface area contributed by atoms with Crippen molar-refractivity contribution in [3.8, 4) is 0 Å². The second kappa shape index (κ2) is 6.42. The van der Waals surface area contributed by atoms with Crippen LogP contribution in [0.1, 0.15) is 5.56 Å². The highest BCUT2D eigenvalue weighted by Crippen LogP contribution is 2.20. The van der Waals surface area contributed by atoms with E-state index < -0.39 is 30.7 Å². The Morgan fingerprint density at radius 1 is 0.947 bits per heavy atom. The summed E-state index contributed by atoms with van der Waals surface area (Å²) in [6.07, 6.45) is -6.66. The van der Waals surface area contributed by atoms with Crippen LogP contribution in [0, 0.1) is 0 Å². The van der Waals surface area contributed by atoms with E-state index >= 15 is 0 Å². The van der Waals surface area contributed by atoms with Gasteiger partial charge in [0.25, 0.3) is 0 Å². The van der Waals surface area contributed by atoms with Crippen molar-refractivity contribution in [2.24, 2.45) is 0 Å². The van der Waals surface area contributed by atoms with Gasteiger partial charge < -0.3 is 29.9 Å². The first kappa shape index (κ1) is 14.4. The van der Waals surface area contributed by atoms with E-state index in [0.29, 0.717) is 6.61 Å². The molecule has 6 nitrogen and oxygen atoms in total. The second-order valence-electron chi connectivity index (χ2n) is 4.54. The van der Waals surface area contributed by atoms with E-state index in [1.807, 2.05) is 30.3 Å². The van der Waals surface area contributed by atoms with Crippen LogP contribution in [0.5, 0.6) is 0 Å². The van der Waals surface area contributed by atoms with Crippen LogP contribution in [-0.2, 0) is 16.1 Å². The molecule has 2 rings (SSSR count). The third-order valence-electron chi connectivity index (χ3n) is 3.08. The molecule has 1 aromatic carbocycles. The lowest BCUT2D eigenvalue weighted by atomic mass is 9.99. The molecule has 1 aliphatic heterocycles. The molecule has 0 saturated carbocycles. The van der Waals surface area contributed by atoms with Crippen molar-refractivity contribution in [3.05, 3.63) is 35.9 Å². The van der Waals surface area contributed by atoms with Gasteiger partial charge >= 0.3 is 0 Å². The average molecular weight is 270 g/mol. The number of aliphatic hydroxyl groups excluding tert-OH is 4. The Kier molecular flexibility index (Phi) is 4.87. The third-order valence-corrected chi connectivity index (χ3v) is 3.08. The molecule has 1 heterocycles. The lowest BCUT2D eigenvalue weighted by Gasteiger charge is -2.38. The highest BCUT2D eigenvalue weighted by Gasteiger charge is 2.42. The molecule has 6 heteroatoms. The van der Waals surface area contributed by atoms with Crippen LogP contribution < -0.4 is 0 Å². The monoisotopic (exact) mass is 270 g/mol. The van der Waals surface area contributed by atoms with Crippen LogP contribution in [0.4, 0.5) is 0 Å². The molecule has 0 aromatic heterocycles. The molecular formula is C13H18O6. The maximum atomic E-state index is 9.70. The Hall–Kier alpha value is -1.02. The van der Waals surface area contributed by atoms with E-state index in [1.165, 1.54) is 0 Å². The van der Waals surface area contributed by atoms with Gasteiger partial charge in [0.1, 0.15) is 24.4 Å². The first-order valence-corrected chi connectivity index (χ1v) is 6.09. The summed E-state index contributed by atoms with van der Waals surface area (Å²) in [7, 11) is 0. The van der Waals surface area contributed by atoms with Gasteiger partial charge in [0, 0.05) is 0 Å². The van der Waals surface area contributed by atoms with Crippen LogP contribution in [0.15, 0.2) is 30.3 Å². The molecule has 1 aliphatic rings.